The van der Waals surface area contributed by atoms with Crippen molar-refractivity contribution in [1.29, 1.82) is 0 Å². The first-order valence-electron chi connectivity index (χ1n) is 3.86. The van der Waals surface area contributed by atoms with Crippen molar-refractivity contribution in [3.8, 4) is 0 Å². The summed E-state index contributed by atoms with van der Waals surface area (Å²) in [5.41, 5.74) is 0. The van der Waals surface area contributed by atoms with Crippen molar-refractivity contribution in [1.82, 2.24) is 0 Å². The van der Waals surface area contributed by atoms with Gasteiger partial charge < -0.3 is 4.74 Å². The summed E-state index contributed by atoms with van der Waals surface area (Å²) in [6, 6.07) is 0. The number of rotatable bonds is 2. The fourth-order valence-corrected chi connectivity index (χ4v) is 1.28. The molecule has 11 heavy (non-hydrogen) atoms. The average molecular weight is 156 g/mol. The molecule has 1 atom stereocenters. The summed E-state index contributed by atoms with van der Waals surface area (Å²) in [6.45, 7) is 1.65. The van der Waals surface area contributed by atoms with Gasteiger partial charge in [0.1, 0.15) is 12.4 Å². The first-order chi connectivity index (χ1) is 5.20. The van der Waals surface area contributed by atoms with Crippen molar-refractivity contribution < 1.29 is 14.3 Å². The lowest BCUT2D eigenvalue weighted by molar-refractivity contribution is -0.143. The van der Waals surface area contributed by atoms with Gasteiger partial charge >= 0.3 is 5.97 Å². The van der Waals surface area contributed by atoms with Gasteiger partial charge in [0.25, 0.3) is 0 Å². The summed E-state index contributed by atoms with van der Waals surface area (Å²) in [4.78, 5) is 21.4. The van der Waals surface area contributed by atoms with Crippen LogP contribution in [0.4, 0.5) is 0 Å². The van der Waals surface area contributed by atoms with Gasteiger partial charge in [0.15, 0.2) is 0 Å². The lowest BCUT2D eigenvalue weighted by atomic mass is 10.1. The Hall–Kier alpha value is -0.860. The molecule has 0 amide bonds. The van der Waals surface area contributed by atoms with Crippen molar-refractivity contribution in [2.24, 2.45) is 5.92 Å². The second-order valence-electron chi connectivity index (χ2n) is 2.86. The van der Waals surface area contributed by atoms with E-state index in [9.17, 15) is 9.59 Å². The summed E-state index contributed by atoms with van der Waals surface area (Å²) in [5.74, 6) is -0.0742. The third kappa shape index (κ3) is 2.33. The van der Waals surface area contributed by atoms with Crippen LogP contribution in [0.3, 0.4) is 0 Å². The van der Waals surface area contributed by atoms with E-state index in [2.05, 4.69) is 0 Å². The van der Waals surface area contributed by atoms with E-state index in [4.69, 9.17) is 4.74 Å². The lowest BCUT2D eigenvalue weighted by Gasteiger charge is -2.06. The molecule has 0 aliphatic heterocycles. The van der Waals surface area contributed by atoms with Crippen LogP contribution in [-0.4, -0.2) is 18.4 Å². The Bertz CT molecular complexity index is 174. The van der Waals surface area contributed by atoms with Gasteiger partial charge in [-0.05, 0) is 12.8 Å². The molecule has 0 aromatic heterocycles. The summed E-state index contributed by atoms with van der Waals surface area (Å²) in [6.07, 6.45) is 2.49. The van der Waals surface area contributed by atoms with Gasteiger partial charge in [0.05, 0.1) is 5.92 Å². The first-order valence-corrected chi connectivity index (χ1v) is 3.86. The van der Waals surface area contributed by atoms with Gasteiger partial charge in [-0.25, -0.2) is 0 Å². The molecule has 0 aromatic rings. The van der Waals surface area contributed by atoms with Crippen molar-refractivity contribution >= 4 is 11.8 Å². The van der Waals surface area contributed by atoms with Crippen LogP contribution in [0.5, 0.6) is 0 Å². The summed E-state index contributed by atoms with van der Waals surface area (Å²) >= 11 is 0. The number of hydrogen-bond acceptors (Lipinski definition) is 3. The maximum absolute atomic E-state index is 11.0. The van der Waals surface area contributed by atoms with Crippen LogP contribution < -0.4 is 0 Å². The van der Waals surface area contributed by atoms with Crippen LogP contribution in [0.1, 0.15) is 26.2 Å². The standard InChI is InChI=1S/C8H12O3/c1-6(9)11-5-7-3-2-4-8(7)10/h7H,2-5H2,1H3. The molecule has 0 bridgehead atoms. The van der Waals surface area contributed by atoms with Crippen molar-refractivity contribution in [2.45, 2.75) is 26.2 Å². The van der Waals surface area contributed by atoms with E-state index < -0.39 is 0 Å². The predicted octanol–water partition coefficient (Wildman–Crippen LogP) is 0.919. The number of esters is 1. The zero-order chi connectivity index (χ0) is 8.27. The topological polar surface area (TPSA) is 43.4 Å². The van der Waals surface area contributed by atoms with Gasteiger partial charge in [0.2, 0.25) is 0 Å². The van der Waals surface area contributed by atoms with E-state index in [0.29, 0.717) is 6.42 Å². The van der Waals surface area contributed by atoms with Gasteiger partial charge in [0, 0.05) is 13.3 Å². The van der Waals surface area contributed by atoms with Gasteiger partial charge in [-0.1, -0.05) is 0 Å². The third-order valence-corrected chi connectivity index (χ3v) is 1.92. The summed E-state index contributed by atoms with van der Waals surface area (Å²) < 4.78 is 4.74. The highest BCUT2D eigenvalue weighted by Gasteiger charge is 2.24. The lowest BCUT2D eigenvalue weighted by Crippen LogP contribution is -2.15. The van der Waals surface area contributed by atoms with Crippen molar-refractivity contribution in [3.05, 3.63) is 0 Å². The van der Waals surface area contributed by atoms with Crippen LogP contribution >= 0.6 is 0 Å². The van der Waals surface area contributed by atoms with E-state index >= 15 is 0 Å². The Balaban J connectivity index is 2.26. The van der Waals surface area contributed by atoms with E-state index in [1.165, 1.54) is 6.92 Å². The molecule has 1 rings (SSSR count). The third-order valence-electron chi connectivity index (χ3n) is 1.92. The van der Waals surface area contributed by atoms with Crippen LogP contribution in [-0.2, 0) is 14.3 Å². The van der Waals surface area contributed by atoms with Crippen LogP contribution in [0, 0.1) is 5.92 Å². The summed E-state index contributed by atoms with van der Waals surface area (Å²) in [7, 11) is 0. The molecule has 1 saturated carbocycles. The first kappa shape index (κ1) is 8.24. The Kier molecular flexibility index (Phi) is 2.63. The van der Waals surface area contributed by atoms with E-state index in [0.717, 1.165) is 12.8 Å². The number of ether oxygens (including phenoxy) is 1. The maximum Gasteiger partial charge on any atom is 0.302 e. The van der Waals surface area contributed by atoms with Gasteiger partial charge in [-0.2, -0.15) is 0 Å². The minimum atomic E-state index is -0.301. The second kappa shape index (κ2) is 3.51. The number of ketones is 1. The number of hydrogen-bond donors (Lipinski definition) is 0. The quantitative estimate of drug-likeness (QED) is 0.558. The molecule has 0 spiro atoms. The highest BCUT2D eigenvalue weighted by atomic mass is 16.5. The normalized spacial score (nSPS) is 23.7. The molecule has 1 unspecified atom stereocenters. The molecular formula is C8H12O3. The van der Waals surface area contributed by atoms with Crippen molar-refractivity contribution in [2.75, 3.05) is 6.61 Å². The number of carbonyl (C=O) groups is 2. The zero-order valence-corrected chi connectivity index (χ0v) is 6.63. The molecule has 62 valence electrons. The molecule has 3 heteroatoms. The minimum absolute atomic E-state index is 0.0149. The van der Waals surface area contributed by atoms with E-state index in [1.54, 1.807) is 0 Å². The monoisotopic (exact) mass is 156 g/mol. The molecular weight excluding hydrogens is 144 g/mol. The van der Waals surface area contributed by atoms with E-state index in [-0.39, 0.29) is 24.3 Å². The highest BCUT2D eigenvalue weighted by molar-refractivity contribution is 5.83. The van der Waals surface area contributed by atoms with Gasteiger partial charge in [-0.15, -0.1) is 0 Å². The molecule has 0 saturated heterocycles. The largest absolute Gasteiger partial charge is 0.465 e. The molecule has 3 nitrogen and oxygen atoms in total. The molecule has 1 aliphatic carbocycles. The van der Waals surface area contributed by atoms with Gasteiger partial charge in [-0.3, -0.25) is 9.59 Å². The fraction of sp³-hybridized carbons (Fsp3) is 0.750. The Morgan fingerprint density at radius 3 is 2.91 bits per heavy atom. The molecule has 0 N–H and O–H groups in total. The Morgan fingerprint density at radius 2 is 2.45 bits per heavy atom. The minimum Gasteiger partial charge on any atom is -0.465 e. The van der Waals surface area contributed by atoms with Crippen LogP contribution in [0.25, 0.3) is 0 Å². The SMILES string of the molecule is CC(=O)OCC1CCCC1=O. The number of Topliss-reactive ketones (excluding diaryl/α,β-unsaturated/α-hetero) is 1. The Labute approximate surface area is 65.7 Å². The molecule has 0 radical (unpaired) electrons. The van der Waals surface area contributed by atoms with E-state index in [1.807, 2.05) is 0 Å². The second-order valence-corrected chi connectivity index (χ2v) is 2.86. The fourth-order valence-electron chi connectivity index (χ4n) is 1.28. The molecule has 1 aliphatic rings. The highest BCUT2D eigenvalue weighted by Crippen LogP contribution is 2.21. The molecule has 0 aromatic carbocycles. The van der Waals surface area contributed by atoms with Crippen LogP contribution in [0.2, 0.25) is 0 Å². The maximum atomic E-state index is 11.0. The smallest absolute Gasteiger partial charge is 0.302 e. The average Bonchev–Trinajstić information content (AvgIpc) is 2.31. The van der Waals surface area contributed by atoms with Crippen LogP contribution in [0.15, 0.2) is 0 Å². The number of carbonyl (C=O) groups excluding carboxylic acids is 2. The molecule has 0 heterocycles. The summed E-state index contributed by atoms with van der Waals surface area (Å²) in [5, 5.41) is 0. The Morgan fingerprint density at radius 1 is 1.73 bits per heavy atom. The van der Waals surface area contributed by atoms with Crippen molar-refractivity contribution in [3.63, 3.8) is 0 Å². The zero-order valence-electron chi connectivity index (χ0n) is 6.63. The molecule has 1 fully saturated rings. The predicted molar refractivity (Wildman–Crippen MR) is 39.0 cm³/mol.